The van der Waals surface area contributed by atoms with Gasteiger partial charge in [0.1, 0.15) is 4.34 Å². The van der Waals surface area contributed by atoms with Crippen molar-refractivity contribution in [2.75, 3.05) is 18.8 Å². The predicted molar refractivity (Wildman–Crippen MR) is 101 cm³/mol. The van der Waals surface area contributed by atoms with Crippen LogP contribution in [0, 0.1) is 12.8 Å². The van der Waals surface area contributed by atoms with Gasteiger partial charge in [-0.2, -0.15) is 0 Å². The minimum Gasteiger partial charge on any atom is -0.235 e. The van der Waals surface area contributed by atoms with Gasteiger partial charge in [0.15, 0.2) is 0 Å². The lowest BCUT2D eigenvalue weighted by molar-refractivity contribution is 0.291. The first-order valence-corrected chi connectivity index (χ1v) is 11.6. The molecule has 0 bridgehead atoms. The van der Waals surface area contributed by atoms with Crippen molar-refractivity contribution in [2.24, 2.45) is 5.92 Å². The van der Waals surface area contributed by atoms with Gasteiger partial charge >= 0.3 is 0 Å². The van der Waals surface area contributed by atoms with Crippen molar-refractivity contribution >= 4 is 33.1 Å². The van der Waals surface area contributed by atoms with Crippen LogP contribution < -0.4 is 0 Å². The molecule has 1 saturated heterocycles. The summed E-state index contributed by atoms with van der Waals surface area (Å²) >= 11 is 3.49. The first kappa shape index (κ1) is 17.9. The van der Waals surface area contributed by atoms with E-state index in [0.29, 0.717) is 19.0 Å². The Kier molecular flexibility index (Phi) is 5.97. The van der Waals surface area contributed by atoms with Crippen LogP contribution in [-0.2, 0) is 15.8 Å². The summed E-state index contributed by atoms with van der Waals surface area (Å²) < 4.78 is 27.9. The molecule has 0 saturated carbocycles. The van der Waals surface area contributed by atoms with Crippen LogP contribution in [0.25, 0.3) is 0 Å². The van der Waals surface area contributed by atoms with Gasteiger partial charge in [0.2, 0.25) is 10.0 Å². The maximum absolute atomic E-state index is 12.6. The molecule has 0 spiro atoms. The average Bonchev–Trinajstić information content (AvgIpc) is 2.99. The van der Waals surface area contributed by atoms with Gasteiger partial charge in [0.25, 0.3) is 0 Å². The number of thioether (sulfide) groups is 1. The Hall–Kier alpha value is -0.890. The minimum atomic E-state index is -3.21. The van der Waals surface area contributed by atoms with Crippen LogP contribution in [0.5, 0.6) is 0 Å². The van der Waals surface area contributed by atoms with Gasteiger partial charge in [0.05, 0.1) is 5.75 Å². The zero-order chi connectivity index (χ0) is 17.0. The smallest absolute Gasteiger partial charge is 0.218 e. The van der Waals surface area contributed by atoms with Gasteiger partial charge in [-0.1, -0.05) is 42.1 Å². The molecule has 7 heteroatoms. The van der Waals surface area contributed by atoms with Gasteiger partial charge in [-0.3, -0.25) is 0 Å². The quantitative estimate of drug-likeness (QED) is 0.713. The van der Waals surface area contributed by atoms with Crippen LogP contribution in [0.3, 0.4) is 0 Å². The third-order valence-corrected chi connectivity index (χ3v) is 8.42. The van der Waals surface area contributed by atoms with Crippen molar-refractivity contribution in [3.05, 3.63) is 47.0 Å². The van der Waals surface area contributed by atoms with E-state index in [-0.39, 0.29) is 5.75 Å². The normalized spacial score (nSPS) is 17.2. The summed E-state index contributed by atoms with van der Waals surface area (Å²) in [6.07, 6.45) is 1.87. The second kappa shape index (κ2) is 7.99. The van der Waals surface area contributed by atoms with Crippen LogP contribution in [0.4, 0.5) is 0 Å². The number of hydrogen-bond donors (Lipinski definition) is 0. The van der Waals surface area contributed by atoms with E-state index in [1.165, 1.54) is 0 Å². The highest BCUT2D eigenvalue weighted by Crippen LogP contribution is 2.29. The van der Waals surface area contributed by atoms with E-state index in [9.17, 15) is 8.42 Å². The van der Waals surface area contributed by atoms with E-state index in [4.69, 9.17) is 0 Å². The molecular weight excluding hydrogens is 360 g/mol. The number of rotatable bonds is 6. The van der Waals surface area contributed by atoms with Gasteiger partial charge < -0.3 is 0 Å². The molecule has 0 aliphatic carbocycles. The number of hydrogen-bond acceptors (Lipinski definition) is 5. The summed E-state index contributed by atoms with van der Waals surface area (Å²) in [6, 6.07) is 9.42. The lowest BCUT2D eigenvalue weighted by Gasteiger charge is -2.31. The van der Waals surface area contributed by atoms with Gasteiger partial charge in [-0.05, 0) is 31.2 Å². The van der Waals surface area contributed by atoms with Crippen molar-refractivity contribution in [1.82, 2.24) is 9.29 Å². The molecule has 1 fully saturated rings. The number of benzene rings is 1. The maximum Gasteiger partial charge on any atom is 0.218 e. The molecule has 0 amide bonds. The molecule has 3 rings (SSSR count). The molecule has 0 unspecified atom stereocenters. The van der Waals surface area contributed by atoms with Crippen LogP contribution >= 0.6 is 23.1 Å². The van der Waals surface area contributed by atoms with Crippen molar-refractivity contribution in [3.8, 4) is 0 Å². The molecule has 2 heterocycles. The largest absolute Gasteiger partial charge is 0.235 e. The molecule has 0 N–H and O–H groups in total. The number of aromatic nitrogens is 1. The van der Waals surface area contributed by atoms with E-state index >= 15 is 0 Å². The summed E-state index contributed by atoms with van der Waals surface area (Å²) in [5.41, 5.74) is 1.93. The number of sulfonamides is 1. The van der Waals surface area contributed by atoms with Gasteiger partial charge in [0, 0.05) is 29.9 Å². The topological polar surface area (TPSA) is 50.3 Å². The first-order chi connectivity index (χ1) is 11.5. The van der Waals surface area contributed by atoms with E-state index in [1.807, 2.05) is 37.3 Å². The summed E-state index contributed by atoms with van der Waals surface area (Å²) in [4.78, 5) is 4.47. The summed E-state index contributed by atoms with van der Waals surface area (Å²) in [6.45, 7) is 3.28. The molecule has 1 aromatic carbocycles. The second-order valence-electron chi connectivity index (χ2n) is 6.15. The molecule has 1 aliphatic rings. The Morgan fingerprint density at radius 1 is 1.25 bits per heavy atom. The van der Waals surface area contributed by atoms with Gasteiger partial charge in [-0.15, -0.1) is 11.3 Å². The van der Waals surface area contributed by atoms with Crippen LogP contribution in [0.2, 0.25) is 0 Å². The third-order valence-electron chi connectivity index (χ3n) is 4.20. The Morgan fingerprint density at radius 2 is 1.96 bits per heavy atom. The Labute approximate surface area is 152 Å². The van der Waals surface area contributed by atoms with Crippen molar-refractivity contribution in [3.63, 3.8) is 0 Å². The van der Waals surface area contributed by atoms with Crippen molar-refractivity contribution in [1.29, 1.82) is 0 Å². The number of piperidine rings is 1. The molecule has 130 valence electrons. The SMILES string of the molecule is Cc1csc(SCC2CCN(S(=O)(=O)Cc3ccccc3)CC2)n1. The molecule has 1 aromatic heterocycles. The number of nitrogens with zero attached hydrogens (tertiary/aromatic N) is 2. The maximum atomic E-state index is 12.6. The fourth-order valence-corrected chi connectivity index (χ4v) is 6.44. The minimum absolute atomic E-state index is 0.103. The number of thiazole rings is 1. The van der Waals surface area contributed by atoms with E-state index in [1.54, 1.807) is 27.4 Å². The van der Waals surface area contributed by atoms with Crippen LogP contribution in [0.15, 0.2) is 40.1 Å². The third kappa shape index (κ3) is 4.81. The summed E-state index contributed by atoms with van der Waals surface area (Å²) in [7, 11) is -3.21. The fourth-order valence-electron chi connectivity index (χ4n) is 2.82. The zero-order valence-electron chi connectivity index (χ0n) is 13.7. The summed E-state index contributed by atoms with van der Waals surface area (Å²) in [5.74, 6) is 1.70. The van der Waals surface area contributed by atoms with E-state index < -0.39 is 10.0 Å². The monoisotopic (exact) mass is 382 g/mol. The van der Waals surface area contributed by atoms with Crippen molar-refractivity contribution in [2.45, 2.75) is 29.9 Å². The Morgan fingerprint density at radius 3 is 2.58 bits per heavy atom. The zero-order valence-corrected chi connectivity index (χ0v) is 16.2. The fraction of sp³-hybridized carbons (Fsp3) is 0.471. The Bertz CT molecular complexity index is 751. The summed E-state index contributed by atoms with van der Waals surface area (Å²) in [5, 5.41) is 2.07. The molecule has 0 radical (unpaired) electrons. The van der Waals surface area contributed by atoms with Crippen LogP contribution in [0.1, 0.15) is 24.1 Å². The molecule has 0 atom stereocenters. The highest BCUT2D eigenvalue weighted by Gasteiger charge is 2.28. The average molecular weight is 383 g/mol. The molecular formula is C17H22N2O2S3. The molecule has 2 aromatic rings. The highest BCUT2D eigenvalue weighted by molar-refractivity contribution is 8.01. The molecule has 4 nitrogen and oxygen atoms in total. The van der Waals surface area contributed by atoms with E-state index in [0.717, 1.165) is 34.2 Å². The lowest BCUT2D eigenvalue weighted by atomic mass is 10.0. The van der Waals surface area contributed by atoms with Gasteiger partial charge in [-0.25, -0.2) is 17.7 Å². The lowest BCUT2D eigenvalue weighted by Crippen LogP contribution is -2.39. The molecule has 1 aliphatic heterocycles. The predicted octanol–water partition coefficient (Wildman–Crippen LogP) is 3.79. The second-order valence-corrected chi connectivity index (χ2v) is 10.2. The van der Waals surface area contributed by atoms with Crippen LogP contribution in [-0.4, -0.2) is 36.5 Å². The molecule has 24 heavy (non-hydrogen) atoms. The highest BCUT2D eigenvalue weighted by atomic mass is 32.2. The standard InChI is InChI=1S/C17H22N2O2S3/c1-14-11-22-17(18-14)23-12-15-7-9-19(10-8-15)24(20,21)13-16-5-3-2-4-6-16/h2-6,11,15H,7-10,12-13H2,1H3. The Balaban J connectivity index is 1.49. The number of aryl methyl sites for hydroxylation is 1. The van der Waals surface area contributed by atoms with E-state index in [2.05, 4.69) is 10.4 Å². The van der Waals surface area contributed by atoms with Crippen molar-refractivity contribution < 1.29 is 8.42 Å². The first-order valence-electron chi connectivity index (χ1n) is 8.09.